The Morgan fingerprint density at radius 1 is 1.00 bits per heavy atom. The second kappa shape index (κ2) is 7.48. The van der Waals surface area contributed by atoms with E-state index in [-0.39, 0.29) is 5.91 Å². The Labute approximate surface area is 161 Å². The number of halogens is 1. The SMILES string of the molecule is O=C(C=Cc1ccccc1)Nc1cccc(-c2nc3cc(Cl)ccc3o2)c1. The Kier molecular flexibility index (Phi) is 4.73. The van der Waals surface area contributed by atoms with Crippen molar-refractivity contribution in [3.63, 3.8) is 0 Å². The van der Waals surface area contributed by atoms with Gasteiger partial charge in [0.05, 0.1) is 0 Å². The normalized spacial score (nSPS) is 11.1. The minimum absolute atomic E-state index is 0.208. The molecule has 0 bridgehead atoms. The van der Waals surface area contributed by atoms with E-state index in [4.69, 9.17) is 16.0 Å². The topological polar surface area (TPSA) is 55.1 Å². The molecule has 0 radical (unpaired) electrons. The summed E-state index contributed by atoms with van der Waals surface area (Å²) in [7, 11) is 0. The standard InChI is InChI=1S/C22H15ClN2O2/c23-17-10-11-20-19(14-17)25-22(27-20)16-7-4-8-18(13-16)24-21(26)12-9-15-5-2-1-3-6-15/h1-14H,(H,24,26). The molecule has 1 aromatic heterocycles. The number of carbonyl (C=O) groups is 1. The van der Waals surface area contributed by atoms with Crippen molar-refractivity contribution in [1.82, 2.24) is 4.98 Å². The molecule has 3 aromatic carbocycles. The molecule has 0 atom stereocenters. The van der Waals surface area contributed by atoms with Gasteiger partial charge in [0.1, 0.15) is 5.52 Å². The number of oxazole rings is 1. The zero-order valence-electron chi connectivity index (χ0n) is 14.2. The Bertz CT molecular complexity index is 1130. The lowest BCUT2D eigenvalue weighted by Gasteiger charge is -2.03. The Morgan fingerprint density at radius 3 is 2.70 bits per heavy atom. The van der Waals surface area contributed by atoms with Crippen LogP contribution in [-0.2, 0) is 4.79 Å². The van der Waals surface area contributed by atoms with E-state index < -0.39 is 0 Å². The number of hydrogen-bond donors (Lipinski definition) is 1. The first-order chi connectivity index (χ1) is 13.2. The highest BCUT2D eigenvalue weighted by atomic mass is 35.5. The van der Waals surface area contributed by atoms with Crippen LogP contribution >= 0.6 is 11.6 Å². The summed E-state index contributed by atoms with van der Waals surface area (Å²) in [5.74, 6) is 0.267. The highest BCUT2D eigenvalue weighted by molar-refractivity contribution is 6.31. The number of aromatic nitrogens is 1. The highest BCUT2D eigenvalue weighted by Gasteiger charge is 2.09. The summed E-state index contributed by atoms with van der Waals surface area (Å²) in [6, 6.07) is 22.3. The van der Waals surface area contributed by atoms with Crippen LogP contribution in [0.25, 0.3) is 28.6 Å². The van der Waals surface area contributed by atoms with Gasteiger partial charge in [-0.1, -0.05) is 48.0 Å². The lowest BCUT2D eigenvalue weighted by Crippen LogP contribution is -2.07. The van der Waals surface area contributed by atoms with Crippen molar-refractivity contribution in [3.8, 4) is 11.5 Å². The fraction of sp³-hybridized carbons (Fsp3) is 0. The van der Waals surface area contributed by atoms with Crippen molar-refractivity contribution < 1.29 is 9.21 Å². The molecule has 27 heavy (non-hydrogen) atoms. The largest absolute Gasteiger partial charge is 0.436 e. The van der Waals surface area contributed by atoms with E-state index in [1.54, 1.807) is 24.3 Å². The van der Waals surface area contributed by atoms with Crippen molar-refractivity contribution >= 4 is 40.4 Å². The minimum atomic E-state index is -0.208. The zero-order valence-corrected chi connectivity index (χ0v) is 15.0. The molecule has 1 heterocycles. The quantitative estimate of drug-likeness (QED) is 0.459. The van der Waals surface area contributed by atoms with E-state index in [0.717, 1.165) is 11.1 Å². The van der Waals surface area contributed by atoms with Crippen LogP contribution in [0.5, 0.6) is 0 Å². The molecular weight excluding hydrogens is 360 g/mol. The van der Waals surface area contributed by atoms with Gasteiger partial charge in [-0.25, -0.2) is 4.98 Å². The third kappa shape index (κ3) is 4.07. The average molecular weight is 375 g/mol. The van der Waals surface area contributed by atoms with Crippen LogP contribution in [0, 0.1) is 0 Å². The number of nitrogens with zero attached hydrogens (tertiary/aromatic N) is 1. The number of carbonyl (C=O) groups excluding carboxylic acids is 1. The maximum Gasteiger partial charge on any atom is 0.248 e. The van der Waals surface area contributed by atoms with E-state index in [0.29, 0.717) is 27.7 Å². The van der Waals surface area contributed by atoms with Gasteiger partial charge in [-0.3, -0.25) is 4.79 Å². The first-order valence-electron chi connectivity index (χ1n) is 8.38. The van der Waals surface area contributed by atoms with Crippen LogP contribution in [0.1, 0.15) is 5.56 Å². The Hall–Kier alpha value is -3.37. The molecule has 0 aliphatic heterocycles. The van der Waals surface area contributed by atoms with Crippen molar-refractivity contribution in [2.45, 2.75) is 0 Å². The van der Waals surface area contributed by atoms with Gasteiger partial charge in [0, 0.05) is 22.3 Å². The van der Waals surface area contributed by atoms with Crippen molar-refractivity contribution in [2.24, 2.45) is 0 Å². The van der Waals surface area contributed by atoms with Gasteiger partial charge >= 0.3 is 0 Å². The molecule has 132 valence electrons. The van der Waals surface area contributed by atoms with Crippen molar-refractivity contribution in [1.29, 1.82) is 0 Å². The number of fused-ring (bicyclic) bond motifs is 1. The predicted octanol–water partition coefficient (Wildman–Crippen LogP) is 5.80. The average Bonchev–Trinajstić information content (AvgIpc) is 3.11. The molecule has 0 aliphatic carbocycles. The van der Waals surface area contributed by atoms with Crippen LogP contribution in [0.3, 0.4) is 0 Å². The summed E-state index contributed by atoms with van der Waals surface area (Å²) >= 11 is 5.99. The Morgan fingerprint density at radius 2 is 1.85 bits per heavy atom. The van der Waals surface area contributed by atoms with Crippen LogP contribution in [0.2, 0.25) is 5.02 Å². The van der Waals surface area contributed by atoms with Crippen LogP contribution in [0.4, 0.5) is 5.69 Å². The molecule has 4 rings (SSSR count). The monoisotopic (exact) mass is 374 g/mol. The van der Waals surface area contributed by atoms with Gasteiger partial charge in [-0.2, -0.15) is 0 Å². The number of anilines is 1. The lowest BCUT2D eigenvalue weighted by molar-refractivity contribution is -0.111. The van der Waals surface area contributed by atoms with E-state index >= 15 is 0 Å². The van der Waals surface area contributed by atoms with Gasteiger partial charge in [-0.05, 0) is 48.0 Å². The van der Waals surface area contributed by atoms with Crippen LogP contribution < -0.4 is 5.32 Å². The summed E-state index contributed by atoms with van der Waals surface area (Å²) in [5, 5.41) is 3.45. The third-order valence-electron chi connectivity index (χ3n) is 3.95. The lowest BCUT2D eigenvalue weighted by atomic mass is 10.2. The third-order valence-corrected chi connectivity index (χ3v) is 4.19. The van der Waals surface area contributed by atoms with Gasteiger partial charge in [-0.15, -0.1) is 0 Å². The Balaban J connectivity index is 1.53. The van der Waals surface area contributed by atoms with Gasteiger partial charge in [0.25, 0.3) is 0 Å². The first-order valence-corrected chi connectivity index (χ1v) is 8.76. The van der Waals surface area contributed by atoms with E-state index in [9.17, 15) is 4.79 Å². The molecule has 1 amide bonds. The van der Waals surface area contributed by atoms with Gasteiger partial charge in [0.15, 0.2) is 5.58 Å². The molecule has 4 aromatic rings. The molecule has 4 nitrogen and oxygen atoms in total. The smallest absolute Gasteiger partial charge is 0.248 e. The molecule has 1 N–H and O–H groups in total. The zero-order chi connectivity index (χ0) is 18.6. The van der Waals surface area contributed by atoms with Crippen LogP contribution in [-0.4, -0.2) is 10.9 Å². The molecule has 0 saturated heterocycles. The van der Waals surface area contributed by atoms with Gasteiger partial charge < -0.3 is 9.73 Å². The van der Waals surface area contributed by atoms with E-state index in [1.165, 1.54) is 6.08 Å². The summed E-state index contributed by atoms with van der Waals surface area (Å²) < 4.78 is 5.78. The van der Waals surface area contributed by atoms with E-state index in [1.807, 2.05) is 54.6 Å². The maximum atomic E-state index is 12.2. The summed E-state index contributed by atoms with van der Waals surface area (Å²) in [6.07, 6.45) is 3.27. The molecule has 0 spiro atoms. The second-order valence-electron chi connectivity index (χ2n) is 5.95. The molecule has 0 fully saturated rings. The number of benzene rings is 3. The predicted molar refractivity (Wildman–Crippen MR) is 109 cm³/mol. The highest BCUT2D eigenvalue weighted by Crippen LogP contribution is 2.27. The number of nitrogens with one attached hydrogen (secondary N) is 1. The van der Waals surface area contributed by atoms with Crippen molar-refractivity contribution in [2.75, 3.05) is 5.32 Å². The molecule has 5 heteroatoms. The second-order valence-corrected chi connectivity index (χ2v) is 6.38. The fourth-order valence-electron chi connectivity index (χ4n) is 2.67. The van der Waals surface area contributed by atoms with Crippen molar-refractivity contribution in [3.05, 3.63) is 89.5 Å². The molecule has 0 saturated carbocycles. The molecular formula is C22H15ClN2O2. The summed E-state index contributed by atoms with van der Waals surface area (Å²) in [6.45, 7) is 0. The number of hydrogen-bond acceptors (Lipinski definition) is 3. The maximum absolute atomic E-state index is 12.2. The van der Waals surface area contributed by atoms with Gasteiger partial charge in [0.2, 0.25) is 11.8 Å². The number of amides is 1. The number of rotatable bonds is 4. The molecule has 0 unspecified atom stereocenters. The summed E-state index contributed by atoms with van der Waals surface area (Å²) in [5.41, 5.74) is 3.75. The van der Waals surface area contributed by atoms with E-state index in [2.05, 4.69) is 10.3 Å². The van der Waals surface area contributed by atoms with Crippen LogP contribution in [0.15, 0.2) is 83.3 Å². The first kappa shape index (κ1) is 17.1. The summed E-state index contributed by atoms with van der Waals surface area (Å²) in [4.78, 5) is 16.6. The minimum Gasteiger partial charge on any atom is -0.436 e. The molecule has 0 aliphatic rings. The fourth-order valence-corrected chi connectivity index (χ4v) is 2.84.